The van der Waals surface area contributed by atoms with Gasteiger partial charge >= 0.3 is 6.03 Å². The average molecular weight is 315 g/mol. The molecule has 0 bridgehead atoms. The number of carbonyl (C=O) groups excluding carboxylic acids is 2. The van der Waals surface area contributed by atoms with E-state index in [1.54, 1.807) is 31.3 Å². The molecule has 1 atom stereocenters. The summed E-state index contributed by atoms with van der Waals surface area (Å²) >= 11 is 0. The maximum Gasteiger partial charge on any atom is 0.325 e. The van der Waals surface area contributed by atoms with Crippen LogP contribution in [-0.2, 0) is 16.9 Å². The van der Waals surface area contributed by atoms with Gasteiger partial charge in [-0.05, 0) is 19.1 Å². The number of hydrogen-bond donors (Lipinski definition) is 1. The molecule has 1 saturated heterocycles. The second kappa shape index (κ2) is 5.45. The van der Waals surface area contributed by atoms with Gasteiger partial charge in [-0.3, -0.25) is 14.7 Å². The topological polar surface area (TPSA) is 101 Å². The van der Waals surface area contributed by atoms with E-state index >= 15 is 0 Å². The lowest BCUT2D eigenvalue weighted by atomic mass is 9.97. The molecule has 2 aromatic heterocycles. The molecule has 8 nitrogen and oxygen atoms in total. The quantitative estimate of drug-likeness (QED) is 0.859. The van der Waals surface area contributed by atoms with E-state index in [2.05, 4.69) is 20.4 Å². The first-order valence-electron chi connectivity index (χ1n) is 7.30. The second-order valence-corrected chi connectivity index (χ2v) is 5.86. The lowest BCUT2D eigenvalue weighted by molar-refractivity contribution is -0.131. The first kappa shape index (κ1) is 15.1. The van der Waals surface area contributed by atoms with Crippen LogP contribution in [0.5, 0.6) is 0 Å². The Balaban J connectivity index is 1.84. The van der Waals surface area contributed by atoms with Gasteiger partial charge in [0.15, 0.2) is 11.4 Å². The molecule has 3 rings (SSSR count). The largest absolute Gasteiger partial charge is 0.339 e. The van der Waals surface area contributed by atoms with E-state index in [4.69, 9.17) is 4.52 Å². The van der Waals surface area contributed by atoms with Gasteiger partial charge in [0.05, 0.1) is 12.2 Å². The molecule has 2 aromatic rings. The highest BCUT2D eigenvalue weighted by molar-refractivity contribution is 6.06. The second-order valence-electron chi connectivity index (χ2n) is 5.86. The number of nitrogens with zero attached hydrogens (tertiary/aromatic N) is 4. The molecule has 1 aliphatic heterocycles. The van der Waals surface area contributed by atoms with Gasteiger partial charge in [-0.2, -0.15) is 4.98 Å². The third-order valence-corrected chi connectivity index (χ3v) is 3.73. The molecular weight excluding hydrogens is 298 g/mol. The van der Waals surface area contributed by atoms with Crippen molar-refractivity contribution in [1.82, 2.24) is 25.3 Å². The molecule has 0 spiro atoms. The molecule has 0 radical (unpaired) electrons. The summed E-state index contributed by atoms with van der Waals surface area (Å²) in [4.78, 5) is 34.3. The van der Waals surface area contributed by atoms with Crippen molar-refractivity contribution in [3.8, 4) is 0 Å². The number of rotatable bonds is 4. The van der Waals surface area contributed by atoms with Gasteiger partial charge in [-0.25, -0.2) is 4.79 Å². The van der Waals surface area contributed by atoms with Crippen molar-refractivity contribution >= 4 is 11.9 Å². The van der Waals surface area contributed by atoms with E-state index in [0.29, 0.717) is 17.4 Å². The smallest absolute Gasteiger partial charge is 0.325 e. The van der Waals surface area contributed by atoms with Gasteiger partial charge in [-0.15, -0.1) is 0 Å². The fourth-order valence-electron chi connectivity index (χ4n) is 2.38. The molecule has 0 aromatic carbocycles. The Morgan fingerprint density at radius 2 is 2.13 bits per heavy atom. The number of carbonyl (C=O) groups is 2. The lowest BCUT2D eigenvalue weighted by Gasteiger charge is -2.20. The molecule has 3 amide bonds. The number of nitrogens with one attached hydrogen (secondary N) is 1. The Labute approximate surface area is 132 Å². The summed E-state index contributed by atoms with van der Waals surface area (Å²) in [7, 11) is 0. The van der Waals surface area contributed by atoms with Crippen molar-refractivity contribution in [3.05, 3.63) is 41.8 Å². The lowest BCUT2D eigenvalue weighted by Crippen LogP contribution is -2.41. The Bertz CT molecular complexity index is 743. The normalized spacial score (nSPS) is 21.1. The number of aromatic nitrogens is 3. The molecule has 1 N–H and O–H groups in total. The summed E-state index contributed by atoms with van der Waals surface area (Å²) in [6, 6.07) is 4.72. The summed E-state index contributed by atoms with van der Waals surface area (Å²) in [5, 5.41) is 6.50. The van der Waals surface area contributed by atoms with Crippen LogP contribution in [-0.4, -0.2) is 32.0 Å². The average Bonchev–Trinajstić information content (AvgIpc) is 3.08. The Morgan fingerprint density at radius 3 is 2.74 bits per heavy atom. The van der Waals surface area contributed by atoms with Crippen molar-refractivity contribution in [2.45, 2.75) is 38.8 Å². The monoisotopic (exact) mass is 315 g/mol. The van der Waals surface area contributed by atoms with Gasteiger partial charge in [0.2, 0.25) is 5.89 Å². The first-order chi connectivity index (χ1) is 10.9. The molecule has 120 valence electrons. The fraction of sp³-hybridized carbons (Fsp3) is 0.400. The van der Waals surface area contributed by atoms with E-state index < -0.39 is 17.5 Å². The van der Waals surface area contributed by atoms with Gasteiger partial charge in [0.1, 0.15) is 0 Å². The third kappa shape index (κ3) is 2.56. The van der Waals surface area contributed by atoms with E-state index in [9.17, 15) is 9.59 Å². The molecule has 0 saturated carbocycles. The zero-order chi connectivity index (χ0) is 16.6. The molecule has 3 heterocycles. The minimum atomic E-state index is -1.19. The fourth-order valence-corrected chi connectivity index (χ4v) is 2.38. The standard InChI is InChI=1S/C15H17N5O3/c1-9(2)12-17-11(19-23-12)8-20-13(21)15(3,18-14(20)22)10-6-4-5-7-16-10/h4-7,9H,8H2,1-3H3,(H,18,22). The van der Waals surface area contributed by atoms with Crippen LogP contribution in [0.15, 0.2) is 28.9 Å². The summed E-state index contributed by atoms with van der Waals surface area (Å²) in [6.45, 7) is 5.43. The van der Waals surface area contributed by atoms with Crippen molar-refractivity contribution < 1.29 is 14.1 Å². The van der Waals surface area contributed by atoms with Crippen molar-refractivity contribution in [3.63, 3.8) is 0 Å². The number of amides is 3. The number of hydrogen-bond acceptors (Lipinski definition) is 6. The zero-order valence-corrected chi connectivity index (χ0v) is 13.1. The summed E-state index contributed by atoms with van der Waals surface area (Å²) in [5.41, 5.74) is -0.708. The van der Waals surface area contributed by atoms with Crippen LogP contribution in [0.4, 0.5) is 4.79 Å². The molecule has 1 fully saturated rings. The maximum atomic E-state index is 12.7. The Hall–Kier alpha value is -2.77. The highest BCUT2D eigenvalue weighted by Crippen LogP contribution is 2.28. The van der Waals surface area contributed by atoms with Crippen molar-refractivity contribution in [2.24, 2.45) is 0 Å². The SMILES string of the molecule is CC(C)c1nc(CN2C(=O)NC(C)(c3ccccn3)C2=O)no1. The number of urea groups is 1. The van der Waals surface area contributed by atoms with Gasteiger partial charge in [0, 0.05) is 12.1 Å². The molecular formula is C15H17N5O3. The van der Waals surface area contributed by atoms with Crippen LogP contribution >= 0.6 is 0 Å². The van der Waals surface area contributed by atoms with Crippen LogP contribution in [0.25, 0.3) is 0 Å². The third-order valence-electron chi connectivity index (χ3n) is 3.73. The first-order valence-corrected chi connectivity index (χ1v) is 7.30. The molecule has 1 aliphatic rings. The van der Waals surface area contributed by atoms with Crippen LogP contribution < -0.4 is 5.32 Å². The van der Waals surface area contributed by atoms with Crippen molar-refractivity contribution in [2.75, 3.05) is 0 Å². The predicted molar refractivity (Wildman–Crippen MR) is 79.1 cm³/mol. The van der Waals surface area contributed by atoms with Gasteiger partial charge < -0.3 is 9.84 Å². The van der Waals surface area contributed by atoms with E-state index in [1.807, 2.05) is 13.8 Å². The molecule has 0 aliphatic carbocycles. The summed E-state index contributed by atoms with van der Waals surface area (Å²) in [6.07, 6.45) is 1.58. The Morgan fingerprint density at radius 1 is 1.35 bits per heavy atom. The van der Waals surface area contributed by atoms with Crippen LogP contribution in [0.3, 0.4) is 0 Å². The van der Waals surface area contributed by atoms with Crippen molar-refractivity contribution in [1.29, 1.82) is 0 Å². The number of pyridine rings is 1. The predicted octanol–water partition coefficient (Wildman–Crippen LogP) is 1.56. The number of imide groups is 1. The van der Waals surface area contributed by atoms with E-state index in [1.165, 1.54) is 0 Å². The van der Waals surface area contributed by atoms with Crippen LogP contribution in [0, 0.1) is 0 Å². The van der Waals surface area contributed by atoms with Crippen LogP contribution in [0.2, 0.25) is 0 Å². The van der Waals surface area contributed by atoms with Gasteiger partial charge in [-0.1, -0.05) is 25.1 Å². The van der Waals surface area contributed by atoms with E-state index in [0.717, 1.165) is 4.90 Å². The maximum absolute atomic E-state index is 12.7. The summed E-state index contributed by atoms with van der Waals surface area (Å²) in [5.74, 6) is 0.456. The summed E-state index contributed by atoms with van der Waals surface area (Å²) < 4.78 is 5.10. The minimum Gasteiger partial charge on any atom is -0.339 e. The van der Waals surface area contributed by atoms with Crippen LogP contribution in [0.1, 0.15) is 44.1 Å². The minimum absolute atomic E-state index is 0.0384. The highest BCUT2D eigenvalue weighted by Gasteiger charge is 2.50. The van der Waals surface area contributed by atoms with Gasteiger partial charge in [0.25, 0.3) is 5.91 Å². The molecule has 23 heavy (non-hydrogen) atoms. The Kier molecular flexibility index (Phi) is 3.59. The molecule has 1 unspecified atom stereocenters. The molecule has 8 heteroatoms. The van der Waals surface area contributed by atoms with E-state index in [-0.39, 0.29) is 12.5 Å². The highest BCUT2D eigenvalue weighted by atomic mass is 16.5. The zero-order valence-electron chi connectivity index (χ0n) is 13.1.